The summed E-state index contributed by atoms with van der Waals surface area (Å²) in [5, 5.41) is 8.09. The molecule has 0 aliphatic carbocycles. The van der Waals surface area contributed by atoms with Crippen molar-refractivity contribution < 1.29 is 23.9 Å². The lowest BCUT2D eigenvalue weighted by atomic mass is 10.0. The molecule has 1 aromatic heterocycles. The Balaban J connectivity index is 1.49. The van der Waals surface area contributed by atoms with E-state index in [1.807, 2.05) is 30.3 Å². The molecule has 1 aliphatic rings. The molecule has 2 aromatic carbocycles. The number of aromatic nitrogens is 2. The summed E-state index contributed by atoms with van der Waals surface area (Å²) >= 11 is 0. The van der Waals surface area contributed by atoms with Crippen LogP contribution in [-0.4, -0.2) is 57.5 Å². The Labute approximate surface area is 252 Å². The van der Waals surface area contributed by atoms with E-state index in [4.69, 9.17) is 4.74 Å². The van der Waals surface area contributed by atoms with Crippen LogP contribution >= 0.6 is 0 Å². The van der Waals surface area contributed by atoms with E-state index >= 15 is 0 Å². The first-order valence-corrected chi connectivity index (χ1v) is 14.4. The number of alkyl carbamates (subject to hydrolysis) is 1. The smallest absolute Gasteiger partial charge is 0.408 e. The lowest BCUT2D eigenvalue weighted by Gasteiger charge is -2.31. The molecule has 3 atom stereocenters. The Hall–Kier alpha value is -4.67. The van der Waals surface area contributed by atoms with Gasteiger partial charge in [0.2, 0.25) is 5.91 Å². The molecule has 1 aliphatic heterocycles. The molecular weight excluding hydrogens is 548 g/mol. The van der Waals surface area contributed by atoms with Gasteiger partial charge in [0, 0.05) is 18.4 Å². The molecule has 3 aromatic rings. The highest BCUT2D eigenvalue weighted by Gasteiger charge is 2.36. The monoisotopic (exact) mass is 588 g/mol. The number of nitrogens with one attached hydrogen (secondary N) is 3. The maximum Gasteiger partial charge on any atom is 0.408 e. The second-order valence-corrected chi connectivity index (χ2v) is 12.1. The number of anilines is 2. The molecule has 2 heterocycles. The summed E-state index contributed by atoms with van der Waals surface area (Å²) < 4.78 is 7.00. The second-order valence-electron chi connectivity index (χ2n) is 12.1. The summed E-state index contributed by atoms with van der Waals surface area (Å²) in [6, 6.07) is 17.1. The van der Waals surface area contributed by atoms with Gasteiger partial charge < -0.3 is 34.9 Å². The molecule has 4 rings (SSSR count). The molecule has 1 saturated heterocycles. The zero-order chi connectivity index (χ0) is 31.2. The standard InChI is InChI=1S/C32H40N6O5/c1-31(2,3)43-30(42)36-32(4,5)29(41)35-27(22-13-8-6-9-14-22)28(40)34-26-19-37(21-33-26)25(20-39)24-17-12-18-38(24)23-15-10-7-11-16-23/h6-11,13-16,19-21,24-25,27H,12,17-18H2,1-5H3,(H,34,40)(H,35,41)(H,36,42). The second kappa shape index (κ2) is 13.1. The Morgan fingerprint density at radius 2 is 1.65 bits per heavy atom. The predicted octanol–water partition coefficient (Wildman–Crippen LogP) is 4.39. The quantitative estimate of drug-likeness (QED) is 0.299. The van der Waals surface area contributed by atoms with Crippen LogP contribution in [0.3, 0.4) is 0 Å². The van der Waals surface area contributed by atoms with E-state index in [-0.39, 0.29) is 11.9 Å². The fraction of sp³-hybridized carbons (Fsp3) is 0.406. The number of amides is 3. The molecule has 0 spiro atoms. The molecule has 0 radical (unpaired) electrons. The lowest BCUT2D eigenvalue weighted by Crippen LogP contribution is -2.57. The average Bonchev–Trinajstić information content (AvgIpc) is 3.62. The van der Waals surface area contributed by atoms with E-state index in [0.29, 0.717) is 5.56 Å². The van der Waals surface area contributed by atoms with E-state index in [9.17, 15) is 19.2 Å². The van der Waals surface area contributed by atoms with Gasteiger partial charge in [0.15, 0.2) is 5.82 Å². The van der Waals surface area contributed by atoms with Crippen molar-refractivity contribution in [3.8, 4) is 0 Å². The van der Waals surface area contributed by atoms with Crippen molar-refractivity contribution in [2.45, 2.75) is 76.7 Å². The Bertz CT molecular complexity index is 1420. The first-order valence-electron chi connectivity index (χ1n) is 14.4. The van der Waals surface area contributed by atoms with Crippen LogP contribution in [0.1, 0.15) is 65.1 Å². The van der Waals surface area contributed by atoms with Crippen LogP contribution in [0.15, 0.2) is 73.2 Å². The third-order valence-corrected chi connectivity index (χ3v) is 7.17. The van der Waals surface area contributed by atoms with Crippen molar-refractivity contribution in [1.82, 2.24) is 20.2 Å². The third kappa shape index (κ3) is 8.00. The van der Waals surface area contributed by atoms with Crippen molar-refractivity contribution in [3.05, 3.63) is 78.8 Å². The predicted molar refractivity (Wildman–Crippen MR) is 164 cm³/mol. The van der Waals surface area contributed by atoms with Crippen molar-refractivity contribution in [1.29, 1.82) is 0 Å². The van der Waals surface area contributed by atoms with Crippen LogP contribution in [0, 0.1) is 0 Å². The first kappa shape index (κ1) is 31.3. The number of para-hydroxylation sites is 1. The number of imidazole rings is 1. The molecular formula is C32H40N6O5. The van der Waals surface area contributed by atoms with Gasteiger partial charge in [-0.25, -0.2) is 9.78 Å². The summed E-state index contributed by atoms with van der Waals surface area (Å²) in [5.41, 5.74) is -0.542. The van der Waals surface area contributed by atoms with Gasteiger partial charge in [-0.1, -0.05) is 48.5 Å². The molecule has 11 heteroatoms. The maximum absolute atomic E-state index is 13.6. The Morgan fingerprint density at radius 3 is 2.28 bits per heavy atom. The number of carbonyl (C=O) groups is 4. The molecule has 3 amide bonds. The highest BCUT2D eigenvalue weighted by atomic mass is 16.6. The van der Waals surface area contributed by atoms with Crippen molar-refractivity contribution in [3.63, 3.8) is 0 Å². The zero-order valence-corrected chi connectivity index (χ0v) is 25.2. The largest absolute Gasteiger partial charge is 0.444 e. The molecule has 3 N–H and O–H groups in total. The van der Waals surface area contributed by atoms with Crippen molar-refractivity contribution >= 4 is 35.7 Å². The SMILES string of the molecule is CC(C)(C)OC(=O)NC(C)(C)C(=O)NC(C(=O)Nc1cn(C(C=O)C2CCCN2c2ccccc2)cn1)c1ccccc1. The van der Waals surface area contributed by atoms with E-state index in [1.165, 1.54) is 20.2 Å². The summed E-state index contributed by atoms with van der Waals surface area (Å²) in [4.78, 5) is 58.1. The van der Waals surface area contributed by atoms with E-state index < -0.39 is 41.1 Å². The number of benzene rings is 2. The zero-order valence-electron chi connectivity index (χ0n) is 25.2. The highest BCUT2D eigenvalue weighted by molar-refractivity contribution is 5.99. The average molecular weight is 589 g/mol. The van der Waals surface area contributed by atoms with E-state index in [2.05, 4.69) is 25.8 Å². The molecule has 1 fully saturated rings. The van der Waals surface area contributed by atoms with Crippen LogP contribution in [0.25, 0.3) is 0 Å². The summed E-state index contributed by atoms with van der Waals surface area (Å²) in [5.74, 6) is -0.883. The normalized spacial score (nSPS) is 16.6. The van der Waals surface area contributed by atoms with Crippen LogP contribution < -0.4 is 20.9 Å². The number of carbonyl (C=O) groups excluding carboxylic acids is 4. The summed E-state index contributed by atoms with van der Waals surface area (Å²) in [6.45, 7) is 9.06. The number of hydrogen-bond donors (Lipinski definition) is 3. The number of ether oxygens (including phenoxy) is 1. The fourth-order valence-electron chi connectivity index (χ4n) is 5.08. The molecule has 43 heavy (non-hydrogen) atoms. The van der Waals surface area contributed by atoms with Crippen molar-refractivity contribution in [2.75, 3.05) is 16.8 Å². The van der Waals surface area contributed by atoms with Gasteiger partial charge in [-0.3, -0.25) is 9.59 Å². The lowest BCUT2D eigenvalue weighted by molar-refractivity contribution is -0.130. The number of hydrogen-bond acceptors (Lipinski definition) is 7. The van der Waals surface area contributed by atoms with Crippen LogP contribution in [0.2, 0.25) is 0 Å². The minimum absolute atomic E-state index is 0.0614. The van der Waals surface area contributed by atoms with Gasteiger partial charge in [-0.05, 0) is 65.2 Å². The van der Waals surface area contributed by atoms with Gasteiger partial charge in [0.05, 0.1) is 12.4 Å². The molecule has 3 unspecified atom stereocenters. The first-order chi connectivity index (χ1) is 20.4. The molecule has 11 nitrogen and oxygen atoms in total. The molecule has 0 saturated carbocycles. The minimum Gasteiger partial charge on any atom is -0.444 e. The minimum atomic E-state index is -1.39. The Morgan fingerprint density at radius 1 is 1.00 bits per heavy atom. The van der Waals surface area contributed by atoms with Crippen LogP contribution in [0.4, 0.5) is 16.3 Å². The highest BCUT2D eigenvalue weighted by Crippen LogP contribution is 2.31. The van der Waals surface area contributed by atoms with Gasteiger partial charge >= 0.3 is 6.09 Å². The van der Waals surface area contributed by atoms with Crippen LogP contribution in [-0.2, 0) is 19.1 Å². The van der Waals surface area contributed by atoms with Gasteiger partial charge in [0.1, 0.15) is 29.5 Å². The maximum atomic E-state index is 13.6. The van der Waals surface area contributed by atoms with Gasteiger partial charge in [-0.2, -0.15) is 0 Å². The fourth-order valence-corrected chi connectivity index (χ4v) is 5.08. The molecule has 0 bridgehead atoms. The third-order valence-electron chi connectivity index (χ3n) is 7.17. The summed E-state index contributed by atoms with van der Waals surface area (Å²) in [6.07, 6.45) is 5.10. The van der Waals surface area contributed by atoms with Gasteiger partial charge in [-0.15, -0.1) is 0 Å². The number of nitrogens with zero attached hydrogens (tertiary/aromatic N) is 3. The Kier molecular flexibility index (Phi) is 9.53. The number of aldehydes is 1. The topological polar surface area (TPSA) is 135 Å². The van der Waals surface area contributed by atoms with Crippen LogP contribution in [0.5, 0.6) is 0 Å². The van der Waals surface area contributed by atoms with E-state index in [0.717, 1.165) is 31.4 Å². The van der Waals surface area contributed by atoms with Gasteiger partial charge in [0.25, 0.3) is 5.91 Å². The molecule has 228 valence electrons. The number of rotatable bonds is 10. The van der Waals surface area contributed by atoms with E-state index in [1.54, 1.807) is 61.9 Å². The van der Waals surface area contributed by atoms with Crippen molar-refractivity contribution in [2.24, 2.45) is 0 Å². The summed E-state index contributed by atoms with van der Waals surface area (Å²) in [7, 11) is 0.